The molecule has 0 saturated carbocycles. The maximum Gasteiger partial charge on any atom is 0.343 e. The van der Waals surface area contributed by atoms with Crippen LogP contribution >= 0.6 is 11.8 Å². The van der Waals surface area contributed by atoms with E-state index in [0.717, 1.165) is 23.5 Å². The number of rotatable bonds is 7. The molecular weight excluding hydrogens is 366 g/mol. The number of nitrogens with two attached hydrogens (primary N) is 1. The van der Waals surface area contributed by atoms with Crippen LogP contribution in [0.25, 0.3) is 0 Å². The van der Waals surface area contributed by atoms with Crippen molar-refractivity contribution in [2.75, 3.05) is 18.9 Å². The molecule has 1 atom stereocenters. The molecule has 0 fully saturated rings. The first-order valence-electron chi connectivity index (χ1n) is 8.89. The predicted octanol–water partition coefficient (Wildman–Crippen LogP) is 3.25. The summed E-state index contributed by atoms with van der Waals surface area (Å²) in [4.78, 5) is 20.2. The highest BCUT2D eigenvalue weighted by molar-refractivity contribution is 7.98. The number of nitrogen functional groups attached to an aromatic ring is 1. The van der Waals surface area contributed by atoms with Gasteiger partial charge in [0, 0.05) is 29.5 Å². The van der Waals surface area contributed by atoms with Gasteiger partial charge >= 0.3 is 5.97 Å². The highest BCUT2D eigenvalue weighted by Crippen LogP contribution is 2.37. The molecule has 144 valence electrons. The molecule has 2 aromatic rings. The molecule has 0 amide bonds. The Bertz CT molecular complexity index is 844. The van der Waals surface area contributed by atoms with E-state index < -0.39 is 5.97 Å². The second kappa shape index (κ2) is 8.47. The fourth-order valence-electron chi connectivity index (χ4n) is 2.84. The molecule has 27 heavy (non-hydrogen) atoms. The van der Waals surface area contributed by atoms with E-state index in [2.05, 4.69) is 23.0 Å². The van der Waals surface area contributed by atoms with Gasteiger partial charge in [-0.15, -0.1) is 0 Å². The molecule has 0 radical (unpaired) electrons. The average Bonchev–Trinajstić information content (AvgIpc) is 2.99. The number of carbonyl (C=O) groups excluding carboxylic acids is 1. The van der Waals surface area contributed by atoms with E-state index in [1.807, 2.05) is 13.0 Å². The van der Waals surface area contributed by atoms with Crippen molar-refractivity contribution in [1.82, 2.24) is 9.97 Å². The molecule has 1 aromatic carbocycles. The van der Waals surface area contributed by atoms with Gasteiger partial charge in [0.25, 0.3) is 0 Å². The van der Waals surface area contributed by atoms with Crippen LogP contribution in [-0.2, 0) is 16.9 Å². The third-order valence-corrected chi connectivity index (χ3v) is 4.94. The summed E-state index contributed by atoms with van der Waals surface area (Å²) >= 11 is 1.42. The number of hydrogen-bond acceptors (Lipinski definition) is 8. The topological polar surface area (TPSA) is 96.6 Å². The minimum atomic E-state index is -0.518. The largest absolute Gasteiger partial charge is 0.494 e. The van der Waals surface area contributed by atoms with Crippen LogP contribution < -0.4 is 15.2 Å². The van der Waals surface area contributed by atoms with Crippen molar-refractivity contribution in [3.63, 3.8) is 0 Å². The maximum absolute atomic E-state index is 11.8. The van der Waals surface area contributed by atoms with Crippen LogP contribution in [0.5, 0.6) is 11.5 Å². The van der Waals surface area contributed by atoms with Crippen molar-refractivity contribution in [3.8, 4) is 11.5 Å². The van der Waals surface area contributed by atoms with E-state index in [1.54, 1.807) is 6.92 Å². The molecule has 1 aliphatic heterocycles. The summed E-state index contributed by atoms with van der Waals surface area (Å²) in [6.07, 6.45) is 2.47. The fourth-order valence-corrected chi connectivity index (χ4v) is 3.64. The minimum absolute atomic E-state index is 0.113. The molecule has 1 aliphatic rings. The fraction of sp³-hybridized carbons (Fsp3) is 0.421. The number of ether oxygens (including phenoxy) is 3. The Kier molecular flexibility index (Phi) is 6.05. The lowest BCUT2D eigenvalue weighted by atomic mass is 10.1. The van der Waals surface area contributed by atoms with E-state index in [-0.39, 0.29) is 24.1 Å². The van der Waals surface area contributed by atoms with Crippen LogP contribution in [0.1, 0.15) is 42.3 Å². The normalized spacial score (nSPS) is 15.1. The van der Waals surface area contributed by atoms with E-state index in [0.29, 0.717) is 17.5 Å². The number of hydrogen-bond donors (Lipinski definition) is 1. The van der Waals surface area contributed by atoms with Crippen molar-refractivity contribution in [2.45, 2.75) is 44.2 Å². The Labute approximate surface area is 162 Å². The predicted molar refractivity (Wildman–Crippen MR) is 103 cm³/mol. The summed E-state index contributed by atoms with van der Waals surface area (Å²) in [5, 5.41) is 0.484. The molecule has 0 aliphatic carbocycles. The zero-order chi connectivity index (χ0) is 19.4. The van der Waals surface area contributed by atoms with E-state index in [9.17, 15) is 4.79 Å². The van der Waals surface area contributed by atoms with Crippen LogP contribution in [0.2, 0.25) is 0 Å². The van der Waals surface area contributed by atoms with Crippen molar-refractivity contribution in [1.29, 1.82) is 0 Å². The summed E-state index contributed by atoms with van der Waals surface area (Å²) in [7, 11) is 0. The van der Waals surface area contributed by atoms with Crippen LogP contribution in [0, 0.1) is 0 Å². The Hall–Kier alpha value is -2.48. The highest BCUT2D eigenvalue weighted by atomic mass is 32.2. The van der Waals surface area contributed by atoms with Gasteiger partial charge in [0.15, 0.2) is 5.16 Å². The van der Waals surface area contributed by atoms with Crippen LogP contribution in [-0.4, -0.2) is 35.3 Å². The minimum Gasteiger partial charge on any atom is -0.494 e. The highest BCUT2D eigenvalue weighted by Gasteiger charge is 2.22. The second-order valence-electron chi connectivity index (χ2n) is 6.09. The lowest BCUT2D eigenvalue weighted by Crippen LogP contribution is -2.10. The number of esters is 1. The van der Waals surface area contributed by atoms with Crippen molar-refractivity contribution < 1.29 is 19.0 Å². The van der Waals surface area contributed by atoms with Crippen LogP contribution in [0.3, 0.4) is 0 Å². The molecule has 2 N–H and O–H groups in total. The van der Waals surface area contributed by atoms with Gasteiger partial charge in [0.05, 0.1) is 13.2 Å². The number of benzene rings is 1. The Morgan fingerprint density at radius 2 is 2.19 bits per heavy atom. The summed E-state index contributed by atoms with van der Waals surface area (Å²) in [5.74, 6) is 1.94. The summed E-state index contributed by atoms with van der Waals surface area (Å²) in [6, 6.07) is 4.07. The quantitative estimate of drug-likeness (QED) is 0.438. The first-order valence-corrected chi connectivity index (χ1v) is 9.88. The Morgan fingerprint density at radius 1 is 1.37 bits per heavy atom. The smallest absolute Gasteiger partial charge is 0.343 e. The van der Waals surface area contributed by atoms with Crippen molar-refractivity contribution in [2.24, 2.45) is 0 Å². The molecule has 3 rings (SSSR count). The van der Waals surface area contributed by atoms with Crippen molar-refractivity contribution >= 4 is 23.5 Å². The number of thioether (sulfide) groups is 1. The summed E-state index contributed by atoms with van der Waals surface area (Å²) < 4.78 is 16.6. The first kappa shape index (κ1) is 19.3. The number of aromatic nitrogens is 2. The summed E-state index contributed by atoms with van der Waals surface area (Å²) in [6.45, 7) is 6.60. The van der Waals surface area contributed by atoms with Gasteiger partial charge in [0.2, 0.25) is 0 Å². The van der Waals surface area contributed by atoms with Crippen LogP contribution in [0.15, 0.2) is 23.5 Å². The Balaban J connectivity index is 1.76. The van der Waals surface area contributed by atoms with Gasteiger partial charge in [-0.25, -0.2) is 14.8 Å². The number of fused-ring (bicyclic) bond motifs is 1. The Morgan fingerprint density at radius 3 is 2.89 bits per heavy atom. The third-order valence-electron chi connectivity index (χ3n) is 4.03. The molecule has 2 heterocycles. The molecule has 1 aromatic heterocycles. The molecular formula is C19H23N3O4S. The van der Waals surface area contributed by atoms with Gasteiger partial charge < -0.3 is 19.9 Å². The maximum atomic E-state index is 11.8. The lowest BCUT2D eigenvalue weighted by Gasteiger charge is -2.12. The van der Waals surface area contributed by atoms with Crippen LogP contribution in [0.4, 0.5) is 5.82 Å². The van der Waals surface area contributed by atoms with Crippen molar-refractivity contribution in [3.05, 3.63) is 35.0 Å². The molecule has 0 bridgehead atoms. The molecule has 1 unspecified atom stereocenters. The number of carbonyl (C=O) groups is 1. The standard InChI is InChI=1S/C19H23N3O4S/c1-4-24-15-7-12-6-11(3)26-16(12)8-13(15)10-27-19-21-9-14(17(20)22-19)18(23)25-5-2/h7-9,11H,4-6,10H2,1-3H3,(H2,20,21,22). The lowest BCUT2D eigenvalue weighted by molar-refractivity contribution is 0.0526. The monoisotopic (exact) mass is 389 g/mol. The van der Waals surface area contributed by atoms with Gasteiger partial charge in [-0.05, 0) is 32.9 Å². The number of anilines is 1. The third kappa shape index (κ3) is 4.44. The SMILES string of the molecule is CCOC(=O)c1cnc(SCc2cc3c(cc2OCC)CC(C)O3)nc1N. The zero-order valence-electron chi connectivity index (χ0n) is 15.7. The van der Waals surface area contributed by atoms with E-state index >= 15 is 0 Å². The summed E-state index contributed by atoms with van der Waals surface area (Å²) in [5.41, 5.74) is 8.23. The average molecular weight is 389 g/mol. The zero-order valence-corrected chi connectivity index (χ0v) is 16.5. The molecule has 8 heteroatoms. The van der Waals surface area contributed by atoms with Gasteiger partial charge in [-0.3, -0.25) is 0 Å². The van der Waals surface area contributed by atoms with Gasteiger partial charge in [-0.1, -0.05) is 11.8 Å². The van der Waals surface area contributed by atoms with E-state index in [1.165, 1.54) is 23.5 Å². The second-order valence-corrected chi connectivity index (χ2v) is 7.04. The van der Waals surface area contributed by atoms with Gasteiger partial charge in [0.1, 0.15) is 29.0 Å². The molecule has 0 saturated heterocycles. The first-order chi connectivity index (χ1) is 13.0. The van der Waals surface area contributed by atoms with Gasteiger partial charge in [-0.2, -0.15) is 0 Å². The van der Waals surface area contributed by atoms with E-state index in [4.69, 9.17) is 19.9 Å². The number of nitrogens with zero attached hydrogens (tertiary/aromatic N) is 2. The molecule has 0 spiro atoms. The molecule has 7 nitrogen and oxygen atoms in total.